The van der Waals surface area contributed by atoms with Crippen LogP contribution in [0, 0.1) is 5.82 Å². The maximum absolute atomic E-state index is 13.2. The highest BCUT2D eigenvalue weighted by Crippen LogP contribution is 2.16. The molecule has 0 aliphatic carbocycles. The first-order valence-corrected chi connectivity index (χ1v) is 4.87. The third-order valence-corrected chi connectivity index (χ3v) is 2.00. The molecule has 0 fully saturated rings. The standard InChI is InChI=1S/C13H12FNO2/c1-3-4-11(15-2)9-17-12-6-5-10(8-16)13(14)7-12/h3-8H,1-2,9H2/b11-4-. The molecule has 1 aromatic carbocycles. The van der Waals surface area contributed by atoms with Crippen LogP contribution in [0.1, 0.15) is 10.4 Å². The molecule has 0 amide bonds. The van der Waals surface area contributed by atoms with Gasteiger partial charge in [-0.15, -0.1) is 0 Å². The van der Waals surface area contributed by atoms with Crippen LogP contribution in [-0.2, 0) is 0 Å². The lowest BCUT2D eigenvalue weighted by Crippen LogP contribution is -2.00. The van der Waals surface area contributed by atoms with E-state index < -0.39 is 5.82 Å². The highest BCUT2D eigenvalue weighted by Gasteiger charge is 2.03. The molecular formula is C13H12FNO2. The number of halogens is 1. The van der Waals surface area contributed by atoms with Crippen molar-refractivity contribution in [1.29, 1.82) is 0 Å². The van der Waals surface area contributed by atoms with Crippen molar-refractivity contribution in [3.05, 3.63) is 54.0 Å². The van der Waals surface area contributed by atoms with Crippen LogP contribution in [0.3, 0.4) is 0 Å². The van der Waals surface area contributed by atoms with Gasteiger partial charge in [0.25, 0.3) is 0 Å². The van der Waals surface area contributed by atoms with Gasteiger partial charge < -0.3 is 4.74 Å². The SMILES string of the molecule is C=C/C=C(/COc1ccc(C=O)c(F)c1)N=C. The summed E-state index contributed by atoms with van der Waals surface area (Å²) in [6.45, 7) is 7.05. The Morgan fingerprint density at radius 1 is 1.53 bits per heavy atom. The van der Waals surface area contributed by atoms with Gasteiger partial charge in [-0.25, -0.2) is 4.39 Å². The number of ether oxygens (including phenoxy) is 1. The predicted molar refractivity (Wildman–Crippen MR) is 65.1 cm³/mol. The molecule has 88 valence electrons. The third kappa shape index (κ3) is 3.68. The maximum atomic E-state index is 13.2. The van der Waals surface area contributed by atoms with Crippen LogP contribution in [-0.4, -0.2) is 19.6 Å². The zero-order chi connectivity index (χ0) is 12.7. The van der Waals surface area contributed by atoms with E-state index in [4.69, 9.17) is 4.74 Å². The van der Waals surface area contributed by atoms with Gasteiger partial charge in [0.15, 0.2) is 6.29 Å². The Balaban J connectivity index is 2.73. The van der Waals surface area contributed by atoms with Gasteiger partial charge in [-0.3, -0.25) is 9.79 Å². The Bertz CT molecular complexity index is 466. The number of hydrogen-bond acceptors (Lipinski definition) is 3. The number of allylic oxidation sites excluding steroid dienone is 2. The second-order valence-corrected chi connectivity index (χ2v) is 3.14. The summed E-state index contributed by atoms with van der Waals surface area (Å²) in [5.41, 5.74) is 0.584. The van der Waals surface area contributed by atoms with E-state index in [1.54, 1.807) is 12.2 Å². The fourth-order valence-electron chi connectivity index (χ4n) is 1.13. The summed E-state index contributed by atoms with van der Waals surface area (Å²) in [5.74, 6) is -0.287. The van der Waals surface area contributed by atoms with Crippen LogP contribution in [0.15, 0.2) is 47.6 Å². The summed E-state index contributed by atoms with van der Waals surface area (Å²) in [5, 5.41) is 0. The summed E-state index contributed by atoms with van der Waals surface area (Å²) in [6, 6.07) is 4.02. The van der Waals surface area contributed by atoms with Gasteiger partial charge in [-0.2, -0.15) is 0 Å². The first-order valence-electron chi connectivity index (χ1n) is 4.87. The van der Waals surface area contributed by atoms with Gasteiger partial charge in [-0.05, 0) is 24.9 Å². The fraction of sp³-hybridized carbons (Fsp3) is 0.0769. The molecule has 17 heavy (non-hydrogen) atoms. The highest BCUT2D eigenvalue weighted by molar-refractivity contribution is 5.75. The lowest BCUT2D eigenvalue weighted by molar-refractivity contribution is 0.111. The van der Waals surface area contributed by atoms with E-state index in [0.29, 0.717) is 17.7 Å². The summed E-state index contributed by atoms with van der Waals surface area (Å²) in [7, 11) is 0. The Kier molecular flexibility index (Phi) is 4.81. The molecule has 0 spiro atoms. The Morgan fingerprint density at radius 3 is 2.82 bits per heavy atom. The molecule has 0 aromatic heterocycles. The highest BCUT2D eigenvalue weighted by atomic mass is 19.1. The van der Waals surface area contributed by atoms with Gasteiger partial charge in [0, 0.05) is 6.07 Å². The summed E-state index contributed by atoms with van der Waals surface area (Å²) < 4.78 is 18.5. The quantitative estimate of drug-likeness (QED) is 0.430. The van der Waals surface area contributed by atoms with Gasteiger partial charge in [0.2, 0.25) is 0 Å². The van der Waals surface area contributed by atoms with Gasteiger partial charge in [0.1, 0.15) is 18.2 Å². The number of carbonyl (C=O) groups excluding carboxylic acids is 1. The molecular weight excluding hydrogens is 221 g/mol. The van der Waals surface area contributed by atoms with E-state index >= 15 is 0 Å². The largest absolute Gasteiger partial charge is 0.487 e. The smallest absolute Gasteiger partial charge is 0.152 e. The van der Waals surface area contributed by atoms with Gasteiger partial charge >= 0.3 is 0 Å². The Hall–Kier alpha value is -2.23. The van der Waals surface area contributed by atoms with E-state index in [2.05, 4.69) is 18.3 Å². The first kappa shape index (κ1) is 12.8. The molecule has 0 unspecified atom stereocenters. The molecule has 0 saturated heterocycles. The minimum Gasteiger partial charge on any atom is -0.487 e. The molecule has 1 aromatic rings. The lowest BCUT2D eigenvalue weighted by Gasteiger charge is -2.06. The molecule has 3 nitrogen and oxygen atoms in total. The van der Waals surface area contributed by atoms with Crippen molar-refractivity contribution in [2.24, 2.45) is 4.99 Å². The number of benzene rings is 1. The molecule has 0 aliphatic rings. The van der Waals surface area contributed by atoms with E-state index in [1.807, 2.05) is 0 Å². The summed E-state index contributed by atoms with van der Waals surface area (Å²) in [6.07, 6.45) is 3.65. The molecule has 0 radical (unpaired) electrons. The van der Waals surface area contributed by atoms with E-state index in [-0.39, 0.29) is 12.2 Å². The van der Waals surface area contributed by atoms with Gasteiger partial charge in [0.05, 0.1) is 11.3 Å². The van der Waals surface area contributed by atoms with Crippen molar-refractivity contribution in [1.82, 2.24) is 0 Å². The van der Waals surface area contributed by atoms with Crippen LogP contribution in [0.2, 0.25) is 0 Å². The van der Waals surface area contributed by atoms with Gasteiger partial charge in [-0.1, -0.05) is 12.7 Å². The van der Waals surface area contributed by atoms with Crippen molar-refractivity contribution in [2.75, 3.05) is 6.61 Å². The summed E-state index contributed by atoms with van der Waals surface area (Å²) in [4.78, 5) is 14.1. The van der Waals surface area contributed by atoms with E-state index in [9.17, 15) is 9.18 Å². The Labute approximate surface area is 98.9 Å². The topological polar surface area (TPSA) is 38.7 Å². The van der Waals surface area contributed by atoms with Crippen molar-refractivity contribution >= 4 is 13.0 Å². The number of aliphatic imine (C=N–C) groups is 1. The minimum absolute atomic E-state index is 0.000975. The van der Waals surface area contributed by atoms with Crippen LogP contribution in [0.4, 0.5) is 4.39 Å². The van der Waals surface area contributed by atoms with Crippen LogP contribution >= 0.6 is 0 Å². The molecule has 0 atom stereocenters. The molecule has 0 N–H and O–H groups in total. The number of nitrogens with zero attached hydrogens (tertiary/aromatic N) is 1. The van der Waals surface area contributed by atoms with Crippen LogP contribution in [0.25, 0.3) is 0 Å². The zero-order valence-electron chi connectivity index (χ0n) is 9.23. The Morgan fingerprint density at radius 2 is 2.29 bits per heavy atom. The second kappa shape index (κ2) is 6.37. The van der Waals surface area contributed by atoms with Crippen LogP contribution in [0.5, 0.6) is 5.75 Å². The number of hydrogen-bond donors (Lipinski definition) is 0. The van der Waals surface area contributed by atoms with Crippen molar-refractivity contribution in [2.45, 2.75) is 0 Å². The number of carbonyl (C=O) groups is 1. The number of rotatable bonds is 6. The van der Waals surface area contributed by atoms with Crippen LogP contribution < -0.4 is 4.74 Å². The molecule has 0 bridgehead atoms. The molecule has 0 aliphatic heterocycles. The fourth-order valence-corrected chi connectivity index (χ4v) is 1.13. The van der Waals surface area contributed by atoms with Crippen molar-refractivity contribution < 1.29 is 13.9 Å². The predicted octanol–water partition coefficient (Wildman–Crippen LogP) is 2.79. The summed E-state index contributed by atoms with van der Waals surface area (Å²) >= 11 is 0. The van der Waals surface area contributed by atoms with E-state index in [1.165, 1.54) is 12.1 Å². The lowest BCUT2D eigenvalue weighted by atomic mass is 10.2. The average Bonchev–Trinajstić information content (AvgIpc) is 2.34. The van der Waals surface area contributed by atoms with E-state index in [0.717, 1.165) is 6.07 Å². The number of aldehydes is 1. The zero-order valence-corrected chi connectivity index (χ0v) is 9.23. The third-order valence-electron chi connectivity index (χ3n) is 2.00. The van der Waals surface area contributed by atoms with Crippen molar-refractivity contribution in [3.63, 3.8) is 0 Å². The molecule has 1 rings (SSSR count). The molecule has 0 saturated carbocycles. The van der Waals surface area contributed by atoms with Crippen molar-refractivity contribution in [3.8, 4) is 5.75 Å². The molecule has 4 heteroatoms. The second-order valence-electron chi connectivity index (χ2n) is 3.14. The molecule has 0 heterocycles. The average molecular weight is 233 g/mol. The maximum Gasteiger partial charge on any atom is 0.152 e. The minimum atomic E-state index is -0.613. The monoisotopic (exact) mass is 233 g/mol. The first-order chi connectivity index (χ1) is 8.21. The normalized spacial score (nSPS) is 10.8.